The van der Waals surface area contributed by atoms with Gasteiger partial charge in [0, 0.05) is 12.7 Å². The van der Waals surface area contributed by atoms with Crippen molar-refractivity contribution in [3.05, 3.63) is 22.7 Å². The number of hydrogen-bond donors (Lipinski definition) is 2. The number of halogens is 1. The van der Waals surface area contributed by atoms with Crippen molar-refractivity contribution in [1.82, 2.24) is 4.90 Å². The second-order valence-electron chi connectivity index (χ2n) is 3.53. The average molecular weight is 317 g/mol. The van der Waals surface area contributed by atoms with E-state index in [0.717, 1.165) is 4.90 Å². The zero-order valence-corrected chi connectivity index (χ0v) is 11.5. The van der Waals surface area contributed by atoms with Crippen molar-refractivity contribution in [1.29, 1.82) is 0 Å². The van der Waals surface area contributed by atoms with Gasteiger partial charge in [-0.25, -0.2) is 4.79 Å². The van der Waals surface area contributed by atoms with Crippen LogP contribution in [0.1, 0.15) is 0 Å². The molecule has 7 heteroatoms. The zero-order valence-electron chi connectivity index (χ0n) is 9.94. The lowest BCUT2D eigenvalue weighted by atomic mass is 10.3. The molecule has 0 aromatic heterocycles. The van der Waals surface area contributed by atoms with Gasteiger partial charge >= 0.3 is 12.0 Å². The van der Waals surface area contributed by atoms with Crippen molar-refractivity contribution in [2.24, 2.45) is 0 Å². The third-order valence-corrected chi connectivity index (χ3v) is 2.74. The maximum absolute atomic E-state index is 11.6. The first-order valence-electron chi connectivity index (χ1n) is 5.01. The average Bonchev–Trinajstić information content (AvgIpc) is 2.28. The summed E-state index contributed by atoms with van der Waals surface area (Å²) in [5, 5.41) is 11.1. The fraction of sp³-hybridized carbons (Fsp3) is 0.273. The number of benzene rings is 1. The Hall–Kier alpha value is -1.76. The van der Waals surface area contributed by atoms with Crippen LogP contribution in [0, 0.1) is 0 Å². The van der Waals surface area contributed by atoms with Gasteiger partial charge in [-0.3, -0.25) is 4.79 Å². The van der Waals surface area contributed by atoms with Gasteiger partial charge in [0.1, 0.15) is 12.3 Å². The zero-order chi connectivity index (χ0) is 13.7. The molecule has 18 heavy (non-hydrogen) atoms. The Kier molecular flexibility index (Phi) is 4.96. The number of hydrogen-bond acceptors (Lipinski definition) is 3. The number of nitrogens with zero attached hydrogens (tertiary/aromatic N) is 1. The summed E-state index contributed by atoms with van der Waals surface area (Å²) in [7, 11) is 2.95. The largest absolute Gasteiger partial charge is 0.496 e. The molecule has 1 aromatic rings. The molecular formula is C11H13BrN2O4. The predicted molar refractivity (Wildman–Crippen MR) is 70.0 cm³/mol. The summed E-state index contributed by atoms with van der Waals surface area (Å²) in [5.74, 6) is -0.421. The number of urea groups is 1. The molecule has 0 heterocycles. The molecule has 98 valence electrons. The summed E-state index contributed by atoms with van der Waals surface area (Å²) in [6.07, 6.45) is 0. The van der Waals surface area contributed by atoms with E-state index in [1.165, 1.54) is 7.05 Å². The van der Waals surface area contributed by atoms with Gasteiger partial charge in [0.05, 0.1) is 11.6 Å². The van der Waals surface area contributed by atoms with E-state index in [9.17, 15) is 9.59 Å². The van der Waals surface area contributed by atoms with Gasteiger partial charge in [-0.05, 0) is 34.1 Å². The van der Waals surface area contributed by atoms with Crippen molar-refractivity contribution in [3.63, 3.8) is 0 Å². The Morgan fingerprint density at radius 1 is 1.50 bits per heavy atom. The highest BCUT2D eigenvalue weighted by atomic mass is 79.9. The van der Waals surface area contributed by atoms with E-state index in [2.05, 4.69) is 21.2 Å². The van der Waals surface area contributed by atoms with Crippen LogP contribution >= 0.6 is 15.9 Å². The van der Waals surface area contributed by atoms with E-state index in [-0.39, 0.29) is 6.54 Å². The number of carbonyl (C=O) groups excluding carboxylic acids is 1. The van der Waals surface area contributed by atoms with Crippen molar-refractivity contribution in [3.8, 4) is 5.75 Å². The molecule has 0 saturated carbocycles. The van der Waals surface area contributed by atoms with Crippen LogP contribution in [0.15, 0.2) is 22.7 Å². The second-order valence-corrected chi connectivity index (χ2v) is 4.38. The van der Waals surface area contributed by atoms with Gasteiger partial charge in [0.2, 0.25) is 0 Å². The number of amides is 2. The molecule has 2 N–H and O–H groups in total. The Morgan fingerprint density at radius 3 is 2.67 bits per heavy atom. The van der Waals surface area contributed by atoms with Crippen molar-refractivity contribution in [2.75, 3.05) is 26.0 Å². The molecule has 1 aromatic carbocycles. The van der Waals surface area contributed by atoms with E-state index < -0.39 is 12.0 Å². The molecule has 0 aliphatic rings. The molecule has 1 rings (SSSR count). The second kappa shape index (κ2) is 6.25. The highest BCUT2D eigenvalue weighted by Gasteiger charge is 2.12. The van der Waals surface area contributed by atoms with Crippen LogP contribution < -0.4 is 10.1 Å². The molecule has 0 spiro atoms. The molecule has 0 unspecified atom stereocenters. The van der Waals surface area contributed by atoms with Crippen molar-refractivity contribution in [2.45, 2.75) is 0 Å². The highest BCUT2D eigenvalue weighted by molar-refractivity contribution is 9.10. The van der Waals surface area contributed by atoms with E-state index in [1.807, 2.05) is 0 Å². The first kappa shape index (κ1) is 14.3. The molecule has 0 atom stereocenters. The van der Waals surface area contributed by atoms with Gasteiger partial charge in [0.15, 0.2) is 0 Å². The van der Waals surface area contributed by atoms with E-state index in [0.29, 0.717) is 15.9 Å². The minimum atomic E-state index is -1.07. The molecule has 0 bridgehead atoms. The van der Waals surface area contributed by atoms with Crippen LogP contribution in [0.2, 0.25) is 0 Å². The van der Waals surface area contributed by atoms with Crippen LogP contribution in [-0.4, -0.2) is 42.7 Å². The van der Waals surface area contributed by atoms with Crippen LogP contribution in [0.4, 0.5) is 10.5 Å². The minimum Gasteiger partial charge on any atom is -0.496 e. The smallest absolute Gasteiger partial charge is 0.323 e. The minimum absolute atomic E-state index is 0.358. The Bertz CT molecular complexity index is 464. The number of likely N-dealkylation sites (N-methyl/N-ethyl adjacent to an activating group) is 1. The van der Waals surface area contributed by atoms with E-state index in [1.54, 1.807) is 25.3 Å². The fourth-order valence-electron chi connectivity index (χ4n) is 1.24. The first-order valence-corrected chi connectivity index (χ1v) is 5.80. The highest BCUT2D eigenvalue weighted by Crippen LogP contribution is 2.27. The first-order chi connectivity index (χ1) is 8.43. The van der Waals surface area contributed by atoms with Gasteiger partial charge in [-0.1, -0.05) is 0 Å². The quantitative estimate of drug-likeness (QED) is 0.890. The predicted octanol–water partition coefficient (Wildman–Crippen LogP) is 2.01. The van der Waals surface area contributed by atoms with Crippen LogP contribution in [0.3, 0.4) is 0 Å². The van der Waals surface area contributed by atoms with Crippen LogP contribution in [-0.2, 0) is 4.79 Å². The van der Waals surface area contributed by atoms with Crippen LogP contribution in [0.25, 0.3) is 0 Å². The maximum Gasteiger partial charge on any atom is 0.323 e. The third kappa shape index (κ3) is 3.92. The van der Waals surface area contributed by atoms with Crippen molar-refractivity contribution < 1.29 is 19.4 Å². The Labute approximate surface area is 113 Å². The van der Waals surface area contributed by atoms with E-state index >= 15 is 0 Å². The summed E-state index contributed by atoms with van der Waals surface area (Å²) < 4.78 is 5.76. The number of nitrogens with one attached hydrogen (secondary N) is 1. The lowest BCUT2D eigenvalue weighted by molar-refractivity contribution is -0.137. The van der Waals surface area contributed by atoms with Crippen molar-refractivity contribution >= 4 is 33.6 Å². The van der Waals surface area contributed by atoms with E-state index in [4.69, 9.17) is 9.84 Å². The monoisotopic (exact) mass is 316 g/mol. The molecule has 0 aliphatic heterocycles. The molecule has 0 aliphatic carbocycles. The summed E-state index contributed by atoms with van der Waals surface area (Å²) in [5.41, 5.74) is 0.546. The maximum atomic E-state index is 11.6. The topological polar surface area (TPSA) is 78.9 Å². The third-order valence-electron chi connectivity index (χ3n) is 2.12. The Balaban J connectivity index is 2.70. The summed E-state index contributed by atoms with van der Waals surface area (Å²) in [6.45, 7) is -0.358. The molecule has 0 fully saturated rings. The molecular weight excluding hydrogens is 304 g/mol. The molecule has 0 saturated heterocycles. The molecule has 2 amide bonds. The van der Waals surface area contributed by atoms with Gasteiger partial charge < -0.3 is 20.1 Å². The number of aliphatic carboxylic acids is 1. The Morgan fingerprint density at radius 2 is 2.17 bits per heavy atom. The number of methoxy groups -OCH3 is 1. The number of carboxylic acid groups (broad SMARTS) is 1. The lowest BCUT2D eigenvalue weighted by Gasteiger charge is -2.16. The van der Waals surface area contributed by atoms with Crippen LogP contribution in [0.5, 0.6) is 5.75 Å². The lowest BCUT2D eigenvalue weighted by Crippen LogP contribution is -2.35. The molecule has 0 radical (unpaired) electrons. The normalized spacial score (nSPS) is 9.72. The summed E-state index contributed by atoms with van der Waals surface area (Å²) >= 11 is 3.29. The number of carboxylic acids is 1. The standard InChI is InChI=1S/C11H13BrN2O4/c1-14(6-10(15)16)11(17)13-7-3-4-9(18-2)8(12)5-7/h3-5H,6H2,1-2H3,(H,13,17)(H,15,16). The number of rotatable bonds is 4. The SMILES string of the molecule is COc1ccc(NC(=O)N(C)CC(=O)O)cc1Br. The molecule has 6 nitrogen and oxygen atoms in total. The number of ether oxygens (including phenoxy) is 1. The number of anilines is 1. The summed E-state index contributed by atoms with van der Waals surface area (Å²) in [6, 6.07) is 4.53. The fourth-order valence-corrected chi connectivity index (χ4v) is 1.78. The van der Waals surface area contributed by atoms with Gasteiger partial charge in [0.25, 0.3) is 0 Å². The van der Waals surface area contributed by atoms with Gasteiger partial charge in [-0.2, -0.15) is 0 Å². The number of carbonyl (C=O) groups is 2. The van der Waals surface area contributed by atoms with Gasteiger partial charge in [-0.15, -0.1) is 0 Å². The summed E-state index contributed by atoms with van der Waals surface area (Å²) in [4.78, 5) is 23.1.